The van der Waals surface area contributed by atoms with Crippen LogP contribution in [-0.2, 0) is 17.9 Å². The van der Waals surface area contributed by atoms with Gasteiger partial charge in [0.05, 0.1) is 11.8 Å². The van der Waals surface area contributed by atoms with Gasteiger partial charge in [0.1, 0.15) is 5.82 Å². The highest BCUT2D eigenvalue weighted by atomic mass is 32.2. The smallest absolute Gasteiger partial charge is 0.235 e. The van der Waals surface area contributed by atoms with E-state index in [-0.39, 0.29) is 11.2 Å². The van der Waals surface area contributed by atoms with E-state index in [1.54, 1.807) is 0 Å². The molecule has 2 rings (SSSR count). The van der Waals surface area contributed by atoms with Crippen molar-refractivity contribution in [3.8, 4) is 0 Å². The van der Waals surface area contributed by atoms with Crippen molar-refractivity contribution in [1.29, 1.82) is 0 Å². The van der Waals surface area contributed by atoms with Crippen LogP contribution in [-0.4, -0.2) is 43.9 Å². The van der Waals surface area contributed by atoms with Crippen molar-refractivity contribution in [2.75, 3.05) is 13.1 Å². The quantitative estimate of drug-likeness (QED) is 0.837. The van der Waals surface area contributed by atoms with Gasteiger partial charge in [0.2, 0.25) is 5.91 Å². The molecule has 2 heterocycles. The minimum atomic E-state index is -0.136. The second-order valence-electron chi connectivity index (χ2n) is 5.35. The van der Waals surface area contributed by atoms with Crippen LogP contribution in [0.5, 0.6) is 0 Å². The van der Waals surface area contributed by atoms with E-state index >= 15 is 0 Å². The summed E-state index contributed by atoms with van der Waals surface area (Å²) in [6.45, 7) is 6.90. The SMILES string of the molecule is CCn1c(CN)nnc1SC(C)C(=O)N1CCCCCC1. The first-order chi connectivity index (χ1) is 10.2. The second kappa shape index (κ2) is 7.79. The van der Waals surface area contributed by atoms with Gasteiger partial charge < -0.3 is 15.2 Å². The van der Waals surface area contributed by atoms with Gasteiger partial charge in [0.25, 0.3) is 0 Å². The summed E-state index contributed by atoms with van der Waals surface area (Å²) in [5.74, 6) is 0.983. The number of nitrogens with two attached hydrogens (primary N) is 1. The van der Waals surface area contributed by atoms with E-state index in [0.717, 1.165) is 43.5 Å². The monoisotopic (exact) mass is 311 g/mol. The van der Waals surface area contributed by atoms with E-state index in [4.69, 9.17) is 5.73 Å². The summed E-state index contributed by atoms with van der Waals surface area (Å²) in [4.78, 5) is 14.6. The number of thioether (sulfide) groups is 1. The van der Waals surface area contributed by atoms with Crippen molar-refractivity contribution < 1.29 is 4.79 Å². The molecule has 21 heavy (non-hydrogen) atoms. The molecule has 1 fully saturated rings. The number of rotatable bonds is 5. The minimum absolute atomic E-state index is 0.136. The molecule has 1 aromatic rings. The van der Waals surface area contributed by atoms with Crippen molar-refractivity contribution >= 4 is 17.7 Å². The normalized spacial score (nSPS) is 17.6. The Balaban J connectivity index is 2.01. The van der Waals surface area contributed by atoms with Gasteiger partial charge in [0, 0.05) is 19.6 Å². The summed E-state index contributed by atoms with van der Waals surface area (Å²) in [6, 6.07) is 0. The van der Waals surface area contributed by atoms with Crippen molar-refractivity contribution in [1.82, 2.24) is 19.7 Å². The first-order valence-corrected chi connectivity index (χ1v) is 8.63. The van der Waals surface area contributed by atoms with Crippen LogP contribution in [0.1, 0.15) is 45.4 Å². The van der Waals surface area contributed by atoms with Gasteiger partial charge >= 0.3 is 0 Å². The lowest BCUT2D eigenvalue weighted by Gasteiger charge is -2.23. The van der Waals surface area contributed by atoms with E-state index in [1.807, 2.05) is 23.3 Å². The average Bonchev–Trinajstić information content (AvgIpc) is 2.70. The number of aromatic nitrogens is 3. The topological polar surface area (TPSA) is 77.0 Å². The van der Waals surface area contributed by atoms with Crippen LogP contribution >= 0.6 is 11.8 Å². The van der Waals surface area contributed by atoms with Crippen LogP contribution in [0.15, 0.2) is 5.16 Å². The highest BCUT2D eigenvalue weighted by Gasteiger charge is 2.24. The fourth-order valence-electron chi connectivity index (χ4n) is 2.63. The van der Waals surface area contributed by atoms with E-state index in [0.29, 0.717) is 6.54 Å². The molecular formula is C14H25N5OS. The molecule has 118 valence electrons. The fraction of sp³-hybridized carbons (Fsp3) is 0.786. The maximum absolute atomic E-state index is 12.6. The van der Waals surface area contributed by atoms with Crippen molar-refractivity contribution in [3.63, 3.8) is 0 Å². The summed E-state index contributed by atoms with van der Waals surface area (Å²) >= 11 is 1.48. The third-order valence-electron chi connectivity index (χ3n) is 3.84. The first kappa shape index (κ1) is 16.3. The standard InChI is InChI=1S/C14H25N5OS/c1-3-19-12(10-15)16-17-14(19)21-11(2)13(20)18-8-6-4-5-7-9-18/h11H,3-10,15H2,1-2H3. The number of nitrogens with zero attached hydrogens (tertiary/aromatic N) is 4. The van der Waals surface area contributed by atoms with Gasteiger partial charge in [0.15, 0.2) is 5.16 Å². The lowest BCUT2D eigenvalue weighted by molar-refractivity contribution is -0.130. The van der Waals surface area contributed by atoms with Crippen molar-refractivity contribution in [2.45, 2.75) is 63.0 Å². The Morgan fingerprint density at radius 2 is 1.95 bits per heavy atom. The van der Waals surface area contributed by atoms with Crippen LogP contribution in [0.4, 0.5) is 0 Å². The molecule has 1 unspecified atom stereocenters. The largest absolute Gasteiger partial charge is 0.342 e. The molecule has 0 aromatic carbocycles. The van der Waals surface area contributed by atoms with E-state index < -0.39 is 0 Å². The van der Waals surface area contributed by atoms with Gasteiger partial charge in [-0.25, -0.2) is 0 Å². The van der Waals surface area contributed by atoms with E-state index in [2.05, 4.69) is 10.2 Å². The van der Waals surface area contributed by atoms with Gasteiger partial charge in [-0.15, -0.1) is 10.2 Å². The average molecular weight is 311 g/mol. The Bertz CT molecular complexity index is 468. The van der Waals surface area contributed by atoms with E-state index in [9.17, 15) is 4.79 Å². The Morgan fingerprint density at radius 1 is 1.29 bits per heavy atom. The van der Waals surface area contributed by atoms with Gasteiger partial charge in [-0.05, 0) is 26.7 Å². The maximum atomic E-state index is 12.6. The molecule has 0 bridgehead atoms. The molecular weight excluding hydrogens is 286 g/mol. The molecule has 0 spiro atoms. The van der Waals surface area contributed by atoms with Crippen LogP contribution < -0.4 is 5.73 Å². The van der Waals surface area contributed by atoms with Gasteiger partial charge in [-0.3, -0.25) is 4.79 Å². The Kier molecular flexibility index (Phi) is 6.05. The zero-order valence-electron chi connectivity index (χ0n) is 12.9. The predicted molar refractivity (Wildman–Crippen MR) is 84.0 cm³/mol. The van der Waals surface area contributed by atoms with Crippen LogP contribution in [0, 0.1) is 0 Å². The molecule has 2 N–H and O–H groups in total. The number of likely N-dealkylation sites (tertiary alicyclic amines) is 1. The predicted octanol–water partition coefficient (Wildman–Crippen LogP) is 1.64. The summed E-state index contributed by atoms with van der Waals surface area (Å²) in [5, 5.41) is 8.91. The first-order valence-electron chi connectivity index (χ1n) is 7.75. The van der Waals surface area contributed by atoms with Crippen LogP contribution in [0.3, 0.4) is 0 Å². The number of hydrogen-bond acceptors (Lipinski definition) is 5. The molecule has 7 heteroatoms. The number of hydrogen-bond donors (Lipinski definition) is 1. The van der Waals surface area contributed by atoms with Gasteiger partial charge in [-0.1, -0.05) is 24.6 Å². The molecule has 6 nitrogen and oxygen atoms in total. The molecule has 1 saturated heterocycles. The van der Waals surface area contributed by atoms with Gasteiger partial charge in [-0.2, -0.15) is 0 Å². The molecule has 1 aliphatic heterocycles. The maximum Gasteiger partial charge on any atom is 0.235 e. The Morgan fingerprint density at radius 3 is 2.52 bits per heavy atom. The fourth-order valence-corrected chi connectivity index (χ4v) is 3.65. The lowest BCUT2D eigenvalue weighted by Crippen LogP contribution is -2.37. The molecule has 1 atom stereocenters. The molecule has 1 aromatic heterocycles. The molecule has 1 amide bonds. The molecule has 0 saturated carbocycles. The summed E-state index contributed by atoms with van der Waals surface area (Å²) < 4.78 is 1.98. The highest BCUT2D eigenvalue weighted by Crippen LogP contribution is 2.24. The number of carbonyl (C=O) groups excluding carboxylic acids is 1. The second-order valence-corrected chi connectivity index (χ2v) is 6.65. The number of amides is 1. The third kappa shape index (κ3) is 3.97. The third-order valence-corrected chi connectivity index (χ3v) is 4.91. The van der Waals surface area contributed by atoms with Crippen molar-refractivity contribution in [2.24, 2.45) is 5.73 Å². The Hall–Kier alpha value is -1.08. The molecule has 0 radical (unpaired) electrons. The highest BCUT2D eigenvalue weighted by molar-refractivity contribution is 8.00. The molecule has 0 aliphatic carbocycles. The minimum Gasteiger partial charge on any atom is -0.342 e. The zero-order chi connectivity index (χ0) is 15.2. The zero-order valence-corrected chi connectivity index (χ0v) is 13.7. The Labute approximate surface area is 130 Å². The number of carbonyl (C=O) groups is 1. The van der Waals surface area contributed by atoms with Crippen molar-refractivity contribution in [3.05, 3.63) is 5.82 Å². The summed E-state index contributed by atoms with van der Waals surface area (Å²) in [5.41, 5.74) is 5.66. The molecule has 1 aliphatic rings. The summed E-state index contributed by atoms with van der Waals surface area (Å²) in [7, 11) is 0. The summed E-state index contributed by atoms with van der Waals surface area (Å²) in [6.07, 6.45) is 4.70. The van der Waals surface area contributed by atoms with Crippen LogP contribution in [0.2, 0.25) is 0 Å². The van der Waals surface area contributed by atoms with Crippen LogP contribution in [0.25, 0.3) is 0 Å². The lowest BCUT2D eigenvalue weighted by atomic mass is 10.2. The van der Waals surface area contributed by atoms with E-state index in [1.165, 1.54) is 24.6 Å².